The van der Waals surface area contributed by atoms with Crippen molar-refractivity contribution in [3.63, 3.8) is 0 Å². The number of likely N-dealkylation sites (tertiary alicyclic amines) is 1. The molecule has 134 valence electrons. The Morgan fingerprint density at radius 1 is 1.48 bits per heavy atom. The summed E-state index contributed by atoms with van der Waals surface area (Å²) in [5.74, 6) is 2.08. The maximum absolute atomic E-state index is 12.3. The van der Waals surface area contributed by atoms with Gasteiger partial charge in [0, 0.05) is 44.6 Å². The van der Waals surface area contributed by atoms with Crippen molar-refractivity contribution in [1.82, 2.24) is 24.8 Å². The van der Waals surface area contributed by atoms with E-state index >= 15 is 0 Å². The number of urea groups is 1. The van der Waals surface area contributed by atoms with Crippen LogP contribution in [-0.2, 0) is 6.54 Å². The van der Waals surface area contributed by atoms with Crippen molar-refractivity contribution in [2.45, 2.75) is 32.9 Å². The van der Waals surface area contributed by atoms with Crippen molar-refractivity contribution in [1.29, 1.82) is 0 Å². The first-order chi connectivity index (χ1) is 12.1. The standard InChI is InChI=1S/C18H25N5O2/c1-14(12-22-9-7-20-15(22)2)10-21-18(24)23-8-5-17(13-23)25-16-4-3-6-19-11-16/h3-4,6-7,9,11,14,17H,5,8,10,12-13H2,1-2H3,(H,21,24)/t14-,17+/m0/s1. The molecule has 0 unspecified atom stereocenters. The Kier molecular flexibility index (Phi) is 5.53. The molecule has 0 aliphatic carbocycles. The average Bonchev–Trinajstić information content (AvgIpc) is 3.23. The zero-order chi connectivity index (χ0) is 17.6. The van der Waals surface area contributed by atoms with Crippen LogP contribution in [0, 0.1) is 12.8 Å². The highest BCUT2D eigenvalue weighted by molar-refractivity contribution is 5.74. The van der Waals surface area contributed by atoms with Crippen LogP contribution in [0.25, 0.3) is 0 Å². The van der Waals surface area contributed by atoms with Crippen LogP contribution in [0.2, 0.25) is 0 Å². The van der Waals surface area contributed by atoms with Gasteiger partial charge in [-0.1, -0.05) is 6.92 Å². The molecule has 1 aliphatic rings. The van der Waals surface area contributed by atoms with Crippen LogP contribution in [0.5, 0.6) is 5.75 Å². The summed E-state index contributed by atoms with van der Waals surface area (Å²) < 4.78 is 7.97. The van der Waals surface area contributed by atoms with Crippen LogP contribution in [-0.4, -0.2) is 51.2 Å². The lowest BCUT2D eigenvalue weighted by Crippen LogP contribution is -2.41. The van der Waals surface area contributed by atoms with Gasteiger partial charge in [0.1, 0.15) is 17.7 Å². The Balaban J connectivity index is 1.41. The third kappa shape index (κ3) is 4.71. The quantitative estimate of drug-likeness (QED) is 0.872. The largest absolute Gasteiger partial charge is 0.487 e. The van der Waals surface area contributed by atoms with Crippen LogP contribution in [0.3, 0.4) is 0 Å². The minimum atomic E-state index is -0.0218. The molecular weight excluding hydrogens is 318 g/mol. The first-order valence-electron chi connectivity index (χ1n) is 8.69. The SMILES string of the molecule is Cc1nccn1C[C@@H](C)CNC(=O)N1CC[C@@H](Oc2cccnc2)C1. The number of aromatic nitrogens is 3. The van der Waals surface area contributed by atoms with Gasteiger partial charge in [-0.05, 0) is 25.0 Å². The van der Waals surface area contributed by atoms with E-state index in [4.69, 9.17) is 4.74 Å². The Morgan fingerprint density at radius 3 is 3.08 bits per heavy atom. The zero-order valence-corrected chi connectivity index (χ0v) is 14.8. The number of imidazole rings is 1. The van der Waals surface area contributed by atoms with Crippen LogP contribution >= 0.6 is 0 Å². The Bertz CT molecular complexity index is 688. The summed E-state index contributed by atoms with van der Waals surface area (Å²) in [5, 5.41) is 3.03. The third-order valence-corrected chi connectivity index (χ3v) is 4.40. The van der Waals surface area contributed by atoms with Gasteiger partial charge in [-0.15, -0.1) is 0 Å². The molecule has 0 spiro atoms. The van der Waals surface area contributed by atoms with Crippen molar-refractivity contribution in [3.05, 3.63) is 42.7 Å². The van der Waals surface area contributed by atoms with E-state index in [-0.39, 0.29) is 12.1 Å². The van der Waals surface area contributed by atoms with E-state index in [2.05, 4.69) is 26.8 Å². The first-order valence-corrected chi connectivity index (χ1v) is 8.69. The van der Waals surface area contributed by atoms with E-state index < -0.39 is 0 Å². The van der Waals surface area contributed by atoms with Gasteiger partial charge in [0.15, 0.2) is 0 Å². The Hall–Kier alpha value is -2.57. The summed E-state index contributed by atoms with van der Waals surface area (Å²) in [7, 11) is 0. The van der Waals surface area contributed by atoms with Crippen LogP contribution in [0.1, 0.15) is 19.2 Å². The fourth-order valence-electron chi connectivity index (χ4n) is 2.99. The molecule has 1 fully saturated rings. The average molecular weight is 343 g/mol. The second-order valence-electron chi connectivity index (χ2n) is 6.58. The molecule has 2 atom stereocenters. The van der Waals surface area contributed by atoms with Gasteiger partial charge < -0.3 is 19.5 Å². The number of amides is 2. The van der Waals surface area contributed by atoms with Gasteiger partial charge in [0.05, 0.1) is 12.7 Å². The molecular formula is C18H25N5O2. The topological polar surface area (TPSA) is 72.3 Å². The second kappa shape index (κ2) is 8.00. The predicted molar refractivity (Wildman–Crippen MR) is 94.4 cm³/mol. The first kappa shape index (κ1) is 17.3. The van der Waals surface area contributed by atoms with Crippen molar-refractivity contribution in [2.24, 2.45) is 5.92 Å². The number of nitrogens with zero attached hydrogens (tertiary/aromatic N) is 4. The fraction of sp³-hybridized carbons (Fsp3) is 0.500. The lowest BCUT2D eigenvalue weighted by Gasteiger charge is -2.20. The predicted octanol–water partition coefficient (Wildman–Crippen LogP) is 2.09. The summed E-state index contributed by atoms with van der Waals surface area (Å²) >= 11 is 0. The number of pyridine rings is 1. The molecule has 7 heteroatoms. The maximum Gasteiger partial charge on any atom is 0.317 e. The number of hydrogen-bond donors (Lipinski definition) is 1. The van der Waals surface area contributed by atoms with Crippen molar-refractivity contribution < 1.29 is 9.53 Å². The maximum atomic E-state index is 12.3. The van der Waals surface area contributed by atoms with Gasteiger partial charge >= 0.3 is 6.03 Å². The molecule has 1 N–H and O–H groups in total. The van der Waals surface area contributed by atoms with E-state index in [1.54, 1.807) is 18.6 Å². The van der Waals surface area contributed by atoms with Crippen LogP contribution in [0.4, 0.5) is 4.79 Å². The summed E-state index contributed by atoms with van der Waals surface area (Å²) in [6.07, 6.45) is 8.05. The summed E-state index contributed by atoms with van der Waals surface area (Å²) in [6, 6.07) is 3.71. The molecule has 3 heterocycles. The number of carbonyl (C=O) groups is 1. The van der Waals surface area contributed by atoms with Gasteiger partial charge in [-0.3, -0.25) is 4.98 Å². The number of hydrogen-bond acceptors (Lipinski definition) is 4. The summed E-state index contributed by atoms with van der Waals surface area (Å²) in [5.41, 5.74) is 0. The van der Waals surface area contributed by atoms with Crippen molar-refractivity contribution in [3.8, 4) is 5.75 Å². The molecule has 3 rings (SSSR count). The highest BCUT2D eigenvalue weighted by atomic mass is 16.5. The Morgan fingerprint density at radius 2 is 2.36 bits per heavy atom. The van der Waals surface area contributed by atoms with E-state index in [9.17, 15) is 4.79 Å². The van der Waals surface area contributed by atoms with Gasteiger partial charge in [-0.25, -0.2) is 9.78 Å². The number of ether oxygens (including phenoxy) is 1. The zero-order valence-electron chi connectivity index (χ0n) is 14.8. The van der Waals surface area contributed by atoms with Gasteiger partial charge in [0.2, 0.25) is 0 Å². The Labute approximate surface area is 148 Å². The van der Waals surface area contributed by atoms with Crippen molar-refractivity contribution >= 4 is 6.03 Å². The smallest absolute Gasteiger partial charge is 0.317 e. The van der Waals surface area contributed by atoms with Gasteiger partial charge in [0.25, 0.3) is 0 Å². The second-order valence-corrected chi connectivity index (χ2v) is 6.58. The minimum absolute atomic E-state index is 0.0218. The number of nitrogens with one attached hydrogen (secondary N) is 1. The molecule has 2 aromatic rings. The summed E-state index contributed by atoms with van der Waals surface area (Å²) in [4.78, 5) is 22.4. The molecule has 1 saturated heterocycles. The third-order valence-electron chi connectivity index (χ3n) is 4.40. The highest BCUT2D eigenvalue weighted by Crippen LogP contribution is 2.17. The van der Waals surface area contributed by atoms with E-state index in [1.165, 1.54) is 0 Å². The normalized spacial score (nSPS) is 18.2. The lowest BCUT2D eigenvalue weighted by atomic mass is 10.2. The molecule has 0 aromatic carbocycles. The lowest BCUT2D eigenvalue weighted by molar-refractivity contribution is 0.185. The van der Waals surface area contributed by atoms with Gasteiger partial charge in [-0.2, -0.15) is 0 Å². The monoisotopic (exact) mass is 343 g/mol. The molecule has 2 aromatic heterocycles. The minimum Gasteiger partial charge on any atom is -0.487 e. The molecule has 0 radical (unpaired) electrons. The van der Waals surface area contributed by atoms with Crippen LogP contribution in [0.15, 0.2) is 36.9 Å². The molecule has 25 heavy (non-hydrogen) atoms. The molecule has 2 amide bonds. The van der Waals surface area contributed by atoms with Crippen molar-refractivity contribution in [2.75, 3.05) is 19.6 Å². The van der Waals surface area contributed by atoms with E-state index in [0.29, 0.717) is 25.6 Å². The molecule has 0 saturated carbocycles. The molecule has 1 aliphatic heterocycles. The number of carbonyl (C=O) groups excluding carboxylic acids is 1. The highest BCUT2D eigenvalue weighted by Gasteiger charge is 2.27. The van der Waals surface area contributed by atoms with E-state index in [1.807, 2.05) is 30.2 Å². The van der Waals surface area contributed by atoms with E-state index in [0.717, 1.165) is 24.5 Å². The molecule has 0 bridgehead atoms. The molecule has 7 nitrogen and oxygen atoms in total. The summed E-state index contributed by atoms with van der Waals surface area (Å²) in [6.45, 7) is 6.91. The van der Waals surface area contributed by atoms with Crippen LogP contribution < -0.4 is 10.1 Å². The number of aryl methyl sites for hydroxylation is 1. The number of rotatable bonds is 6. The fourth-order valence-corrected chi connectivity index (χ4v) is 2.99.